The van der Waals surface area contributed by atoms with Gasteiger partial charge in [-0.25, -0.2) is 4.79 Å². The monoisotopic (exact) mass is 566 g/mol. The molecule has 4 aromatic rings. The van der Waals surface area contributed by atoms with E-state index < -0.39 is 6.03 Å². The second kappa shape index (κ2) is 15.3. The smallest absolute Gasteiger partial charge is 0.323 e. The number of hydrogen-bond donors (Lipinski definition) is 3. The van der Waals surface area contributed by atoms with Crippen LogP contribution in [0.2, 0.25) is 0 Å². The first kappa shape index (κ1) is 30.1. The maximum atomic E-state index is 12.9. The first-order valence-corrected chi connectivity index (χ1v) is 14.1. The van der Waals surface area contributed by atoms with Gasteiger partial charge in [-0.1, -0.05) is 54.6 Å². The number of nitrogens with one attached hydrogen (secondary N) is 3. The summed E-state index contributed by atoms with van der Waals surface area (Å²) in [4.78, 5) is 28.0. The standard InChI is InChI=1S/C34H38N4O4/c1-25(2)38(24-26-12-6-4-7-13-26)21-11-20-35-33(39)31-19-18-28(23-32(31)41-3)37-34(40)36-27-14-10-17-30(22-27)42-29-15-8-5-9-16-29/h4-10,12-19,22-23,25H,11,20-21,24H2,1-3H3,(H,35,39)(H2,36,37,40). The SMILES string of the molecule is COc1cc(NC(=O)Nc2cccc(Oc3ccccc3)c2)ccc1C(=O)NCCCN(Cc1ccccc1)C(C)C. The minimum Gasteiger partial charge on any atom is -0.496 e. The summed E-state index contributed by atoms with van der Waals surface area (Å²) in [7, 11) is 1.50. The van der Waals surface area contributed by atoms with Crippen molar-refractivity contribution in [3.63, 3.8) is 0 Å². The number of para-hydroxylation sites is 1. The van der Waals surface area contributed by atoms with Crippen molar-refractivity contribution in [2.24, 2.45) is 0 Å². The summed E-state index contributed by atoms with van der Waals surface area (Å²) >= 11 is 0. The number of ether oxygens (including phenoxy) is 2. The molecule has 0 saturated carbocycles. The number of amides is 3. The Bertz CT molecular complexity index is 1440. The molecular formula is C34H38N4O4. The van der Waals surface area contributed by atoms with Gasteiger partial charge in [0.15, 0.2) is 0 Å². The lowest BCUT2D eigenvalue weighted by Gasteiger charge is -2.26. The van der Waals surface area contributed by atoms with E-state index in [1.807, 2.05) is 42.5 Å². The van der Waals surface area contributed by atoms with Gasteiger partial charge in [0.1, 0.15) is 17.2 Å². The van der Waals surface area contributed by atoms with Crippen LogP contribution in [0, 0.1) is 0 Å². The van der Waals surface area contributed by atoms with Crippen LogP contribution in [-0.4, -0.2) is 43.1 Å². The molecule has 0 radical (unpaired) electrons. The van der Waals surface area contributed by atoms with E-state index in [1.165, 1.54) is 12.7 Å². The zero-order valence-electron chi connectivity index (χ0n) is 24.3. The quantitative estimate of drug-likeness (QED) is 0.149. The molecule has 0 bridgehead atoms. The molecule has 0 spiro atoms. The zero-order chi connectivity index (χ0) is 29.7. The summed E-state index contributed by atoms with van der Waals surface area (Å²) in [6, 6.07) is 31.8. The van der Waals surface area contributed by atoms with Gasteiger partial charge in [-0.2, -0.15) is 0 Å². The van der Waals surface area contributed by atoms with Gasteiger partial charge >= 0.3 is 6.03 Å². The van der Waals surface area contributed by atoms with Crippen LogP contribution in [0.3, 0.4) is 0 Å². The zero-order valence-corrected chi connectivity index (χ0v) is 24.3. The highest BCUT2D eigenvalue weighted by Crippen LogP contribution is 2.25. The average molecular weight is 567 g/mol. The fraction of sp³-hybridized carbons (Fsp3) is 0.235. The van der Waals surface area contributed by atoms with Crippen molar-refractivity contribution in [3.8, 4) is 17.2 Å². The van der Waals surface area contributed by atoms with Crippen LogP contribution in [0.15, 0.2) is 103 Å². The van der Waals surface area contributed by atoms with Crippen LogP contribution >= 0.6 is 0 Å². The Labute approximate surface area is 247 Å². The molecule has 3 amide bonds. The van der Waals surface area contributed by atoms with Gasteiger partial charge < -0.3 is 25.4 Å². The van der Waals surface area contributed by atoms with E-state index in [9.17, 15) is 9.59 Å². The summed E-state index contributed by atoms with van der Waals surface area (Å²) in [5.41, 5.74) is 2.74. The Morgan fingerprint density at radius 1 is 0.786 bits per heavy atom. The van der Waals surface area contributed by atoms with Crippen LogP contribution in [0.1, 0.15) is 36.2 Å². The van der Waals surface area contributed by atoms with Gasteiger partial charge in [-0.15, -0.1) is 0 Å². The van der Waals surface area contributed by atoms with E-state index in [-0.39, 0.29) is 5.91 Å². The summed E-state index contributed by atoms with van der Waals surface area (Å²) in [6.07, 6.45) is 0.816. The molecule has 0 aliphatic carbocycles. The highest BCUT2D eigenvalue weighted by molar-refractivity contribution is 6.01. The van der Waals surface area contributed by atoms with E-state index in [4.69, 9.17) is 9.47 Å². The molecule has 4 aromatic carbocycles. The number of carbonyl (C=O) groups excluding carboxylic acids is 2. The highest BCUT2D eigenvalue weighted by Gasteiger charge is 2.15. The lowest BCUT2D eigenvalue weighted by atomic mass is 10.1. The second-order valence-electron chi connectivity index (χ2n) is 10.1. The Morgan fingerprint density at radius 2 is 1.45 bits per heavy atom. The van der Waals surface area contributed by atoms with Crippen LogP contribution in [0.25, 0.3) is 0 Å². The Hall–Kier alpha value is -4.82. The van der Waals surface area contributed by atoms with Gasteiger partial charge in [0.05, 0.1) is 12.7 Å². The molecular weight excluding hydrogens is 528 g/mol. The maximum absolute atomic E-state index is 12.9. The summed E-state index contributed by atoms with van der Waals surface area (Å²) < 4.78 is 11.3. The van der Waals surface area contributed by atoms with Crippen molar-refractivity contribution in [2.45, 2.75) is 32.9 Å². The molecule has 0 unspecified atom stereocenters. The third-order valence-electron chi connectivity index (χ3n) is 6.64. The Balaban J connectivity index is 1.27. The molecule has 0 heterocycles. The fourth-order valence-electron chi connectivity index (χ4n) is 4.43. The first-order chi connectivity index (χ1) is 20.4. The Morgan fingerprint density at radius 3 is 2.14 bits per heavy atom. The van der Waals surface area contributed by atoms with Gasteiger partial charge in [0, 0.05) is 49.2 Å². The van der Waals surface area contributed by atoms with Crippen molar-refractivity contribution in [1.82, 2.24) is 10.2 Å². The molecule has 0 saturated heterocycles. The number of benzene rings is 4. The molecule has 8 nitrogen and oxygen atoms in total. The number of methoxy groups -OCH3 is 1. The lowest BCUT2D eigenvalue weighted by molar-refractivity contribution is 0.0947. The van der Waals surface area contributed by atoms with Gasteiger partial charge in [0.25, 0.3) is 5.91 Å². The van der Waals surface area contributed by atoms with E-state index in [0.717, 1.165) is 19.5 Å². The number of rotatable bonds is 13. The molecule has 218 valence electrons. The summed E-state index contributed by atoms with van der Waals surface area (Å²) in [6.45, 7) is 6.63. The van der Waals surface area contributed by atoms with Gasteiger partial charge in [-0.05, 0) is 62.2 Å². The predicted molar refractivity (Wildman–Crippen MR) is 168 cm³/mol. The number of carbonyl (C=O) groups is 2. The lowest BCUT2D eigenvalue weighted by Crippen LogP contribution is -2.34. The third kappa shape index (κ3) is 9.11. The largest absolute Gasteiger partial charge is 0.496 e. The molecule has 4 rings (SSSR count). The molecule has 0 aliphatic rings. The van der Waals surface area contributed by atoms with Crippen molar-refractivity contribution < 1.29 is 19.1 Å². The van der Waals surface area contributed by atoms with Gasteiger partial charge in [0.2, 0.25) is 0 Å². The molecule has 0 aliphatic heterocycles. The Kier molecular flexibility index (Phi) is 10.9. The average Bonchev–Trinajstić information content (AvgIpc) is 2.99. The fourth-order valence-corrected chi connectivity index (χ4v) is 4.43. The van der Waals surface area contributed by atoms with E-state index >= 15 is 0 Å². The minimum absolute atomic E-state index is 0.225. The number of anilines is 2. The normalized spacial score (nSPS) is 10.8. The van der Waals surface area contributed by atoms with Crippen molar-refractivity contribution in [1.29, 1.82) is 0 Å². The van der Waals surface area contributed by atoms with E-state index in [0.29, 0.717) is 46.8 Å². The van der Waals surface area contributed by atoms with Crippen LogP contribution < -0.4 is 25.4 Å². The maximum Gasteiger partial charge on any atom is 0.323 e. The number of nitrogens with zero attached hydrogens (tertiary/aromatic N) is 1. The van der Waals surface area contributed by atoms with E-state index in [2.05, 4.69) is 59.0 Å². The minimum atomic E-state index is -0.434. The summed E-state index contributed by atoms with van der Waals surface area (Å²) in [5.74, 6) is 1.45. The van der Waals surface area contributed by atoms with Crippen LogP contribution in [0.4, 0.5) is 16.2 Å². The molecule has 8 heteroatoms. The molecule has 42 heavy (non-hydrogen) atoms. The third-order valence-corrected chi connectivity index (χ3v) is 6.64. The van der Waals surface area contributed by atoms with Crippen LogP contribution in [0.5, 0.6) is 17.2 Å². The van der Waals surface area contributed by atoms with Crippen molar-refractivity contribution in [2.75, 3.05) is 30.8 Å². The first-order valence-electron chi connectivity index (χ1n) is 14.1. The van der Waals surface area contributed by atoms with Gasteiger partial charge in [-0.3, -0.25) is 9.69 Å². The topological polar surface area (TPSA) is 91.9 Å². The second-order valence-corrected chi connectivity index (χ2v) is 10.1. The highest BCUT2D eigenvalue weighted by atomic mass is 16.5. The van der Waals surface area contributed by atoms with Crippen molar-refractivity contribution in [3.05, 3.63) is 114 Å². The molecule has 0 fully saturated rings. The number of urea groups is 1. The molecule has 3 N–H and O–H groups in total. The van der Waals surface area contributed by atoms with Crippen molar-refractivity contribution >= 4 is 23.3 Å². The summed E-state index contributed by atoms with van der Waals surface area (Å²) in [5, 5.41) is 8.58. The van der Waals surface area contributed by atoms with E-state index in [1.54, 1.807) is 36.4 Å². The molecule has 0 atom stereocenters. The van der Waals surface area contributed by atoms with Crippen LogP contribution in [-0.2, 0) is 6.54 Å². The molecule has 0 aromatic heterocycles. The predicted octanol–water partition coefficient (Wildman–Crippen LogP) is 7.16. The number of hydrogen-bond acceptors (Lipinski definition) is 5.